The summed E-state index contributed by atoms with van der Waals surface area (Å²) in [5.41, 5.74) is 8.58. The molecule has 1 unspecified atom stereocenters. The Kier molecular flexibility index (Phi) is 6.36. The zero-order chi connectivity index (χ0) is 16.3. The smallest absolute Gasteiger partial charge is 0.356 e. The van der Waals surface area contributed by atoms with Crippen molar-refractivity contribution in [1.82, 2.24) is 4.98 Å². The second-order valence-corrected chi connectivity index (χ2v) is 5.10. The highest BCUT2D eigenvalue weighted by molar-refractivity contribution is 6.07. The van der Waals surface area contributed by atoms with Crippen molar-refractivity contribution >= 4 is 30.0 Å². The summed E-state index contributed by atoms with van der Waals surface area (Å²) in [5.74, 6) is -0.837. The minimum Gasteiger partial charge on any atom is -0.464 e. The lowest BCUT2D eigenvalue weighted by atomic mass is 10.1. The van der Waals surface area contributed by atoms with Crippen molar-refractivity contribution in [2.24, 2.45) is 5.73 Å². The number of nitrogens with two attached hydrogens (primary N) is 1. The first kappa shape index (κ1) is 18.7. The zero-order valence-corrected chi connectivity index (χ0v) is 14.0. The van der Waals surface area contributed by atoms with Crippen LogP contribution in [0.1, 0.15) is 45.1 Å². The van der Waals surface area contributed by atoms with Crippen LogP contribution >= 0.6 is 12.4 Å². The van der Waals surface area contributed by atoms with E-state index in [0.717, 1.165) is 11.3 Å². The lowest BCUT2D eigenvalue weighted by molar-refractivity contribution is 0.0596. The van der Waals surface area contributed by atoms with Crippen LogP contribution in [0, 0.1) is 6.92 Å². The van der Waals surface area contributed by atoms with Crippen molar-refractivity contribution in [1.29, 1.82) is 0 Å². The van der Waals surface area contributed by atoms with Crippen molar-refractivity contribution in [3.63, 3.8) is 0 Å². The zero-order valence-electron chi connectivity index (χ0n) is 13.2. The molecule has 0 aliphatic carbocycles. The Labute approximate surface area is 140 Å². The van der Waals surface area contributed by atoms with Gasteiger partial charge in [-0.25, -0.2) is 4.79 Å². The van der Waals surface area contributed by atoms with Crippen molar-refractivity contribution in [2.75, 3.05) is 12.4 Å². The molecule has 4 N–H and O–H groups in total. The van der Waals surface area contributed by atoms with Crippen molar-refractivity contribution < 1.29 is 14.3 Å². The highest BCUT2D eigenvalue weighted by Crippen LogP contribution is 2.19. The molecule has 0 aliphatic rings. The van der Waals surface area contributed by atoms with Crippen LogP contribution in [0.15, 0.2) is 30.3 Å². The van der Waals surface area contributed by atoms with Crippen LogP contribution in [0.5, 0.6) is 0 Å². The number of benzene rings is 1. The normalized spacial score (nSPS) is 11.3. The Balaban J connectivity index is 0.00000264. The summed E-state index contributed by atoms with van der Waals surface area (Å²) in [6, 6.07) is 8.61. The fraction of sp³-hybridized carbons (Fsp3) is 0.250. The third-order valence-electron chi connectivity index (χ3n) is 3.29. The topological polar surface area (TPSA) is 97.2 Å². The van der Waals surface area contributed by atoms with Gasteiger partial charge in [-0.15, -0.1) is 12.4 Å². The number of halogens is 1. The molecular weight excluding hydrogens is 318 g/mol. The monoisotopic (exact) mass is 337 g/mol. The first-order valence-corrected chi connectivity index (χ1v) is 6.87. The molecule has 1 atom stereocenters. The first-order valence-electron chi connectivity index (χ1n) is 6.87. The quantitative estimate of drug-likeness (QED) is 0.747. The maximum Gasteiger partial charge on any atom is 0.356 e. The van der Waals surface area contributed by atoms with Crippen LogP contribution in [0.3, 0.4) is 0 Å². The summed E-state index contributed by atoms with van der Waals surface area (Å²) in [4.78, 5) is 26.8. The molecule has 0 bridgehead atoms. The molecule has 0 spiro atoms. The minimum absolute atomic E-state index is 0. The van der Waals surface area contributed by atoms with Crippen LogP contribution < -0.4 is 11.1 Å². The Bertz CT molecular complexity index is 693. The lowest BCUT2D eigenvalue weighted by Gasteiger charge is -2.08. The fourth-order valence-electron chi connectivity index (χ4n) is 2.08. The third kappa shape index (κ3) is 4.34. The number of aromatic amines is 1. The van der Waals surface area contributed by atoms with E-state index in [-0.39, 0.29) is 30.0 Å². The summed E-state index contributed by atoms with van der Waals surface area (Å²) < 4.78 is 4.68. The number of rotatable bonds is 4. The van der Waals surface area contributed by atoms with Crippen molar-refractivity contribution in [3.05, 3.63) is 52.8 Å². The summed E-state index contributed by atoms with van der Waals surface area (Å²) in [6.07, 6.45) is 0. The van der Waals surface area contributed by atoms with Crippen LogP contribution in [0.2, 0.25) is 0 Å². The number of carbonyl (C=O) groups excluding carboxylic acids is 2. The van der Waals surface area contributed by atoms with Crippen LogP contribution in [0.4, 0.5) is 5.69 Å². The van der Waals surface area contributed by atoms with Gasteiger partial charge in [0.15, 0.2) is 0 Å². The molecule has 1 heterocycles. The predicted octanol–water partition coefficient (Wildman–Crippen LogP) is 2.80. The third-order valence-corrected chi connectivity index (χ3v) is 3.29. The summed E-state index contributed by atoms with van der Waals surface area (Å²) in [6.45, 7) is 3.67. The maximum absolute atomic E-state index is 12.3. The molecule has 1 aromatic heterocycles. The minimum atomic E-state index is -0.532. The van der Waals surface area contributed by atoms with Crippen molar-refractivity contribution in [2.45, 2.75) is 19.9 Å². The van der Waals surface area contributed by atoms with Crippen molar-refractivity contribution in [3.8, 4) is 0 Å². The molecule has 6 nitrogen and oxygen atoms in total. The van der Waals surface area contributed by atoms with E-state index < -0.39 is 5.97 Å². The second kappa shape index (κ2) is 7.80. The molecule has 1 amide bonds. The van der Waals surface area contributed by atoms with Crippen LogP contribution in [-0.2, 0) is 4.74 Å². The highest BCUT2D eigenvalue weighted by atomic mass is 35.5. The van der Waals surface area contributed by atoms with E-state index in [9.17, 15) is 9.59 Å². The molecule has 1 aromatic carbocycles. The number of aromatic nitrogens is 1. The lowest BCUT2D eigenvalue weighted by Crippen LogP contribution is -2.15. The summed E-state index contributed by atoms with van der Waals surface area (Å²) in [5, 5.41) is 2.71. The van der Waals surface area contributed by atoms with Gasteiger partial charge in [-0.05, 0) is 37.6 Å². The van der Waals surface area contributed by atoms with Crippen LogP contribution in [-0.4, -0.2) is 24.0 Å². The fourth-order valence-corrected chi connectivity index (χ4v) is 2.08. The number of ether oxygens (including phenoxy) is 1. The number of aryl methyl sites for hydroxylation is 1. The van der Waals surface area contributed by atoms with E-state index in [1.807, 2.05) is 19.1 Å². The molecule has 2 aromatic rings. The molecule has 0 saturated carbocycles. The maximum atomic E-state index is 12.3. The molecule has 0 saturated heterocycles. The predicted molar refractivity (Wildman–Crippen MR) is 91.1 cm³/mol. The van der Waals surface area contributed by atoms with Gasteiger partial charge in [0.1, 0.15) is 5.69 Å². The Morgan fingerprint density at radius 1 is 1.26 bits per heavy atom. The molecule has 2 rings (SSSR count). The molecule has 7 heteroatoms. The van der Waals surface area contributed by atoms with Crippen LogP contribution in [0.25, 0.3) is 0 Å². The molecule has 0 radical (unpaired) electrons. The number of methoxy groups -OCH3 is 1. The van der Waals surface area contributed by atoms with E-state index in [0.29, 0.717) is 11.3 Å². The molecule has 0 fully saturated rings. The first-order chi connectivity index (χ1) is 10.4. The SMILES string of the molecule is COC(=O)c1[nH]c(C)cc1NC(=O)c1ccc(C(C)N)cc1.Cl. The average molecular weight is 338 g/mol. The summed E-state index contributed by atoms with van der Waals surface area (Å²) >= 11 is 0. The number of nitrogens with one attached hydrogen (secondary N) is 2. The molecule has 23 heavy (non-hydrogen) atoms. The van der Waals surface area contributed by atoms with E-state index in [4.69, 9.17) is 5.73 Å². The number of anilines is 1. The number of H-pyrrole nitrogens is 1. The van der Waals surface area contributed by atoms with Gasteiger partial charge in [0.25, 0.3) is 5.91 Å². The van der Waals surface area contributed by atoms with Gasteiger partial charge in [0, 0.05) is 17.3 Å². The number of hydrogen-bond acceptors (Lipinski definition) is 4. The Hall–Kier alpha value is -2.31. The van der Waals surface area contributed by atoms with Gasteiger partial charge in [-0.1, -0.05) is 12.1 Å². The van der Waals surface area contributed by atoms with Gasteiger partial charge in [-0.2, -0.15) is 0 Å². The van der Waals surface area contributed by atoms with Gasteiger partial charge >= 0.3 is 5.97 Å². The Morgan fingerprint density at radius 2 is 1.87 bits per heavy atom. The number of carbonyl (C=O) groups is 2. The van der Waals surface area contributed by atoms with Gasteiger partial charge < -0.3 is 20.8 Å². The number of esters is 1. The van der Waals surface area contributed by atoms with Gasteiger partial charge in [-0.3, -0.25) is 4.79 Å². The average Bonchev–Trinajstić information content (AvgIpc) is 2.87. The number of hydrogen-bond donors (Lipinski definition) is 3. The second-order valence-electron chi connectivity index (χ2n) is 5.10. The summed E-state index contributed by atoms with van der Waals surface area (Å²) in [7, 11) is 1.29. The van der Waals surface area contributed by atoms with E-state index in [1.54, 1.807) is 25.1 Å². The molecular formula is C16H20ClN3O3. The molecule has 124 valence electrons. The largest absolute Gasteiger partial charge is 0.464 e. The Morgan fingerprint density at radius 3 is 2.39 bits per heavy atom. The van der Waals surface area contributed by atoms with E-state index in [1.165, 1.54) is 7.11 Å². The standard InChI is InChI=1S/C16H19N3O3.ClH/c1-9-8-13(14(18-9)16(21)22-3)19-15(20)12-6-4-11(5-7-12)10(2)17;/h4-8,10,18H,17H2,1-3H3,(H,19,20);1H. The highest BCUT2D eigenvalue weighted by Gasteiger charge is 2.17. The molecule has 0 aliphatic heterocycles. The van der Waals surface area contributed by atoms with E-state index in [2.05, 4.69) is 15.0 Å². The number of amides is 1. The van der Waals surface area contributed by atoms with E-state index >= 15 is 0 Å². The van der Waals surface area contributed by atoms with Gasteiger partial charge in [0.05, 0.1) is 12.8 Å². The van der Waals surface area contributed by atoms with Gasteiger partial charge in [0.2, 0.25) is 0 Å².